The van der Waals surface area contributed by atoms with Crippen molar-refractivity contribution in [1.82, 2.24) is 20.3 Å². The highest BCUT2D eigenvalue weighted by Crippen LogP contribution is 2.34. The van der Waals surface area contributed by atoms with E-state index in [0.29, 0.717) is 38.2 Å². The Morgan fingerprint density at radius 1 is 0.976 bits per heavy atom. The number of aromatic hydroxyl groups is 1. The van der Waals surface area contributed by atoms with Crippen molar-refractivity contribution < 1.29 is 40.5 Å². The van der Waals surface area contributed by atoms with Gasteiger partial charge in [0.2, 0.25) is 0 Å². The number of fused-ring (bicyclic) bond motifs is 1. The average Bonchev–Trinajstić information content (AvgIpc) is 3.36. The first-order valence-electron chi connectivity index (χ1n) is 12.4. The Hall–Kier alpha value is -3.27. The fourth-order valence-electron chi connectivity index (χ4n) is 4.08. The van der Waals surface area contributed by atoms with Gasteiger partial charge in [0.1, 0.15) is 24.1 Å². The second-order valence-electron chi connectivity index (χ2n) is 9.27. The number of carboxylic acid groups (broad SMARTS) is 1. The fraction of sp³-hybridized carbons (Fsp3) is 0.296. The molecule has 9 N–H and O–H groups in total. The first-order valence-corrected chi connectivity index (χ1v) is 13.8. The van der Waals surface area contributed by atoms with E-state index < -0.39 is 37.0 Å². The molecule has 0 saturated carbocycles. The fourth-order valence-corrected chi connectivity index (χ4v) is 4.94. The SMILES string of the molecule is O=C(O)CSc1nc2nc(-c3ccc(-c4ccc(CNCC(O)C(O)[C@@H](O)[C@@H](O)CO)cc4O)cc3)c(Cl)cc2[nH]1. The third-order valence-corrected chi connectivity index (χ3v) is 7.42. The van der Waals surface area contributed by atoms with Crippen LogP contribution in [-0.4, -0.2) is 100.0 Å². The molecule has 0 aliphatic rings. The number of pyridine rings is 1. The Morgan fingerprint density at radius 3 is 2.32 bits per heavy atom. The van der Waals surface area contributed by atoms with Gasteiger partial charge in [0, 0.05) is 24.2 Å². The lowest BCUT2D eigenvalue weighted by Crippen LogP contribution is -2.48. The summed E-state index contributed by atoms with van der Waals surface area (Å²) in [5.41, 5.74) is 4.24. The molecular weight excluding hydrogens is 576 g/mol. The van der Waals surface area contributed by atoms with Gasteiger partial charge < -0.3 is 46.0 Å². The van der Waals surface area contributed by atoms with Gasteiger partial charge in [0.25, 0.3) is 0 Å². The van der Waals surface area contributed by atoms with Gasteiger partial charge in [0.15, 0.2) is 10.8 Å². The lowest BCUT2D eigenvalue weighted by atomic mass is 10.00. The molecule has 4 atom stereocenters. The smallest absolute Gasteiger partial charge is 0.313 e. The first-order chi connectivity index (χ1) is 19.6. The summed E-state index contributed by atoms with van der Waals surface area (Å²) in [6, 6.07) is 14.0. The molecule has 4 rings (SSSR count). The van der Waals surface area contributed by atoms with Gasteiger partial charge in [-0.1, -0.05) is 59.8 Å². The number of rotatable bonds is 13. The summed E-state index contributed by atoms with van der Waals surface area (Å²) in [4.78, 5) is 22.7. The Balaban J connectivity index is 1.41. The first kappa shape index (κ1) is 30.7. The number of imidazole rings is 1. The van der Waals surface area contributed by atoms with Crippen LogP contribution in [0.2, 0.25) is 5.02 Å². The van der Waals surface area contributed by atoms with E-state index in [4.69, 9.17) is 21.8 Å². The van der Waals surface area contributed by atoms with Gasteiger partial charge in [-0.3, -0.25) is 4.79 Å². The summed E-state index contributed by atoms with van der Waals surface area (Å²) in [7, 11) is 0. The summed E-state index contributed by atoms with van der Waals surface area (Å²) in [6.45, 7) is -0.620. The number of benzene rings is 2. The quantitative estimate of drug-likeness (QED) is 0.0990. The summed E-state index contributed by atoms with van der Waals surface area (Å²) in [6.07, 6.45) is -6.33. The Bertz CT molecular complexity index is 1500. The molecule has 2 unspecified atom stereocenters. The Kier molecular flexibility index (Phi) is 10.2. The van der Waals surface area contributed by atoms with Gasteiger partial charge in [0.05, 0.1) is 34.7 Å². The second kappa shape index (κ2) is 13.6. The van der Waals surface area contributed by atoms with Gasteiger partial charge in [-0.2, -0.15) is 0 Å². The number of carbonyl (C=O) groups is 1. The number of thioether (sulfide) groups is 1. The summed E-state index contributed by atoms with van der Waals surface area (Å²) in [5, 5.41) is 71.1. The number of hydrogen-bond acceptors (Lipinski definition) is 11. The van der Waals surface area contributed by atoms with Crippen LogP contribution in [0.15, 0.2) is 53.7 Å². The van der Waals surface area contributed by atoms with Crippen LogP contribution < -0.4 is 5.32 Å². The summed E-state index contributed by atoms with van der Waals surface area (Å²) < 4.78 is 0. The maximum Gasteiger partial charge on any atom is 0.313 e. The Labute approximate surface area is 243 Å². The van der Waals surface area contributed by atoms with Crippen LogP contribution in [0.4, 0.5) is 0 Å². The van der Waals surface area contributed by atoms with E-state index in [1.807, 2.05) is 24.3 Å². The molecule has 2 heterocycles. The molecule has 4 aromatic rings. The molecule has 14 heteroatoms. The second-order valence-corrected chi connectivity index (χ2v) is 10.6. The van der Waals surface area contributed by atoms with E-state index in [0.717, 1.165) is 22.9 Å². The molecule has 12 nitrogen and oxygen atoms in total. The number of hydrogen-bond donors (Lipinski definition) is 9. The number of nitrogens with zero attached hydrogens (tertiary/aromatic N) is 2. The molecule has 218 valence electrons. The minimum absolute atomic E-state index is 0.0274. The zero-order valence-electron chi connectivity index (χ0n) is 21.5. The standard InChI is InChI=1S/C27H29ClN4O8S/c28-17-8-18-26(32-27(30-18)41-12-22(37)38)31-23(17)15-4-2-14(3-5-15)16-6-1-13(7-19(16)34)9-29-10-20(35)24(39)25(40)21(36)11-33/h1-8,20-21,24-25,29,33-36,39-40H,9-12H2,(H,37,38)(H,30,31,32)/t20?,21-,24?,25-/m0/s1. The molecule has 0 aliphatic carbocycles. The number of phenols is 1. The minimum Gasteiger partial charge on any atom is -0.507 e. The number of halogens is 1. The van der Waals surface area contributed by atoms with Gasteiger partial charge >= 0.3 is 5.97 Å². The predicted octanol–water partition coefficient (Wildman–Crippen LogP) is 1.35. The number of aliphatic carboxylic acids is 1. The molecule has 2 aromatic carbocycles. The van der Waals surface area contributed by atoms with Crippen LogP contribution in [0.5, 0.6) is 5.75 Å². The molecule has 0 saturated heterocycles. The molecular formula is C27H29ClN4O8S. The number of nitrogens with one attached hydrogen (secondary N) is 2. The minimum atomic E-state index is -1.70. The molecule has 0 aliphatic heterocycles. The highest BCUT2D eigenvalue weighted by Gasteiger charge is 2.29. The highest BCUT2D eigenvalue weighted by atomic mass is 35.5. The van der Waals surface area contributed by atoms with E-state index in [9.17, 15) is 30.3 Å². The third kappa shape index (κ3) is 7.52. The van der Waals surface area contributed by atoms with Crippen molar-refractivity contribution in [1.29, 1.82) is 0 Å². The van der Waals surface area contributed by atoms with E-state index in [2.05, 4.69) is 20.3 Å². The van der Waals surface area contributed by atoms with Crippen molar-refractivity contribution in [3.8, 4) is 28.1 Å². The topological polar surface area (TPSA) is 212 Å². The zero-order valence-corrected chi connectivity index (χ0v) is 23.0. The highest BCUT2D eigenvalue weighted by molar-refractivity contribution is 7.99. The van der Waals surface area contributed by atoms with Crippen LogP contribution >= 0.6 is 23.4 Å². The predicted molar refractivity (Wildman–Crippen MR) is 153 cm³/mol. The lowest BCUT2D eigenvalue weighted by Gasteiger charge is -2.25. The lowest BCUT2D eigenvalue weighted by molar-refractivity contribution is -0.133. The van der Waals surface area contributed by atoms with Crippen LogP contribution in [-0.2, 0) is 11.3 Å². The number of phenolic OH excluding ortho intramolecular Hbond substituents is 1. The number of aromatic amines is 1. The van der Waals surface area contributed by atoms with Gasteiger partial charge in [-0.25, -0.2) is 9.97 Å². The Morgan fingerprint density at radius 2 is 1.66 bits per heavy atom. The molecule has 0 radical (unpaired) electrons. The van der Waals surface area contributed by atoms with E-state index in [1.165, 1.54) is 0 Å². The van der Waals surface area contributed by atoms with Crippen LogP contribution in [0.1, 0.15) is 5.56 Å². The summed E-state index contributed by atoms with van der Waals surface area (Å²) >= 11 is 7.52. The van der Waals surface area contributed by atoms with Crippen molar-refractivity contribution in [2.75, 3.05) is 18.9 Å². The molecule has 0 spiro atoms. The van der Waals surface area contributed by atoms with Gasteiger partial charge in [-0.05, 0) is 23.3 Å². The number of aliphatic hydroxyl groups is 5. The molecule has 41 heavy (non-hydrogen) atoms. The van der Waals surface area contributed by atoms with Crippen LogP contribution in [0.25, 0.3) is 33.5 Å². The normalized spacial score (nSPS) is 14.6. The van der Waals surface area contributed by atoms with Crippen molar-refractivity contribution in [2.45, 2.75) is 36.1 Å². The molecule has 0 amide bonds. The number of aromatic nitrogens is 3. The van der Waals surface area contributed by atoms with Crippen molar-refractivity contribution in [2.24, 2.45) is 0 Å². The maximum atomic E-state index is 10.8. The number of H-pyrrole nitrogens is 1. The maximum absolute atomic E-state index is 10.8. The summed E-state index contributed by atoms with van der Waals surface area (Å²) in [5.74, 6) is -1.06. The average molecular weight is 605 g/mol. The van der Waals surface area contributed by atoms with Crippen molar-refractivity contribution >= 4 is 40.5 Å². The number of aliphatic hydroxyl groups excluding tert-OH is 5. The van der Waals surface area contributed by atoms with Crippen LogP contribution in [0.3, 0.4) is 0 Å². The van der Waals surface area contributed by atoms with E-state index >= 15 is 0 Å². The third-order valence-electron chi connectivity index (χ3n) is 6.28. The monoisotopic (exact) mass is 604 g/mol. The molecule has 0 bridgehead atoms. The van der Waals surface area contributed by atoms with Gasteiger partial charge in [-0.15, -0.1) is 0 Å². The van der Waals surface area contributed by atoms with Crippen molar-refractivity contribution in [3.63, 3.8) is 0 Å². The van der Waals surface area contributed by atoms with Crippen molar-refractivity contribution in [3.05, 3.63) is 59.1 Å². The molecule has 2 aromatic heterocycles. The molecule has 0 fully saturated rings. The largest absolute Gasteiger partial charge is 0.507 e. The zero-order chi connectivity index (χ0) is 29.7. The van der Waals surface area contributed by atoms with E-state index in [1.54, 1.807) is 24.3 Å². The number of carboxylic acids is 1. The van der Waals surface area contributed by atoms with Crippen LogP contribution in [0, 0.1) is 0 Å². The van der Waals surface area contributed by atoms with E-state index in [-0.39, 0.29) is 24.6 Å².